The van der Waals surface area contributed by atoms with Gasteiger partial charge in [-0.2, -0.15) is 0 Å². The SMILES string of the molecule is Cc1nc(SC(C)C(=O)N2CCCC2)c2ccccc2n1. The van der Waals surface area contributed by atoms with E-state index in [2.05, 4.69) is 9.97 Å². The van der Waals surface area contributed by atoms with Crippen molar-refractivity contribution in [3.63, 3.8) is 0 Å². The van der Waals surface area contributed by atoms with E-state index in [1.807, 2.05) is 43.0 Å². The van der Waals surface area contributed by atoms with Crippen molar-refractivity contribution in [3.8, 4) is 0 Å². The lowest BCUT2D eigenvalue weighted by Crippen LogP contribution is -2.34. The van der Waals surface area contributed by atoms with Gasteiger partial charge in [0.1, 0.15) is 10.9 Å². The minimum Gasteiger partial charge on any atom is -0.342 e. The van der Waals surface area contributed by atoms with Crippen molar-refractivity contribution in [3.05, 3.63) is 30.1 Å². The van der Waals surface area contributed by atoms with Crippen LogP contribution in [0, 0.1) is 6.92 Å². The zero-order chi connectivity index (χ0) is 14.8. The third-order valence-corrected chi connectivity index (χ3v) is 4.82. The molecule has 1 aliphatic rings. The molecule has 21 heavy (non-hydrogen) atoms. The molecule has 1 aromatic carbocycles. The predicted octanol–water partition coefficient (Wildman–Crippen LogP) is 3.04. The summed E-state index contributed by atoms with van der Waals surface area (Å²) in [5.74, 6) is 0.967. The summed E-state index contributed by atoms with van der Waals surface area (Å²) in [5, 5.41) is 1.81. The van der Waals surface area contributed by atoms with Gasteiger partial charge in [0.05, 0.1) is 10.8 Å². The Bertz CT molecular complexity index is 668. The zero-order valence-corrected chi connectivity index (χ0v) is 13.2. The number of rotatable bonds is 3. The summed E-state index contributed by atoms with van der Waals surface area (Å²) in [6.45, 7) is 5.65. The fourth-order valence-electron chi connectivity index (χ4n) is 2.66. The molecule has 1 fully saturated rings. The number of thioether (sulfide) groups is 1. The second-order valence-corrected chi connectivity index (χ2v) is 6.72. The van der Waals surface area contributed by atoms with Gasteiger partial charge >= 0.3 is 0 Å². The minimum atomic E-state index is -0.110. The number of amides is 1. The van der Waals surface area contributed by atoms with Crippen LogP contribution in [0.2, 0.25) is 0 Å². The van der Waals surface area contributed by atoms with E-state index >= 15 is 0 Å². The molecular formula is C16H19N3OS. The predicted molar refractivity (Wildman–Crippen MR) is 85.4 cm³/mol. The largest absolute Gasteiger partial charge is 0.342 e. The number of carbonyl (C=O) groups is 1. The molecule has 2 heterocycles. The van der Waals surface area contributed by atoms with Gasteiger partial charge in [-0.25, -0.2) is 9.97 Å². The van der Waals surface area contributed by atoms with Crippen LogP contribution in [0.3, 0.4) is 0 Å². The maximum absolute atomic E-state index is 12.4. The fourth-order valence-corrected chi connectivity index (χ4v) is 3.73. The lowest BCUT2D eigenvalue weighted by atomic mass is 10.2. The van der Waals surface area contributed by atoms with E-state index in [1.165, 1.54) is 11.8 Å². The van der Waals surface area contributed by atoms with Crippen LogP contribution in [0.25, 0.3) is 10.9 Å². The average molecular weight is 301 g/mol. The standard InChI is InChI=1S/C16H19N3OS/c1-11(16(20)19-9-5-6-10-19)21-15-13-7-3-4-8-14(13)17-12(2)18-15/h3-4,7-8,11H,5-6,9-10H2,1-2H3. The monoisotopic (exact) mass is 301 g/mol. The molecule has 1 aromatic heterocycles. The number of likely N-dealkylation sites (tertiary alicyclic amines) is 1. The van der Waals surface area contributed by atoms with Gasteiger partial charge in [-0.1, -0.05) is 30.0 Å². The Morgan fingerprint density at radius 2 is 1.95 bits per heavy atom. The smallest absolute Gasteiger partial charge is 0.235 e. The highest BCUT2D eigenvalue weighted by Gasteiger charge is 2.24. The molecule has 110 valence electrons. The second-order valence-electron chi connectivity index (χ2n) is 5.39. The van der Waals surface area contributed by atoms with Gasteiger partial charge in [-0.15, -0.1) is 0 Å². The van der Waals surface area contributed by atoms with Crippen molar-refractivity contribution in [2.45, 2.75) is 37.0 Å². The number of fused-ring (bicyclic) bond motifs is 1. The molecule has 5 heteroatoms. The highest BCUT2D eigenvalue weighted by molar-refractivity contribution is 8.00. The number of hydrogen-bond acceptors (Lipinski definition) is 4. The highest BCUT2D eigenvalue weighted by Crippen LogP contribution is 2.29. The quantitative estimate of drug-likeness (QED) is 0.646. The normalized spacial score (nSPS) is 16.4. The van der Waals surface area contributed by atoms with Crippen molar-refractivity contribution in [1.29, 1.82) is 0 Å². The van der Waals surface area contributed by atoms with Gasteiger partial charge in [0.2, 0.25) is 5.91 Å². The van der Waals surface area contributed by atoms with Crippen molar-refractivity contribution in [1.82, 2.24) is 14.9 Å². The first-order chi connectivity index (χ1) is 10.1. The Morgan fingerprint density at radius 3 is 2.71 bits per heavy atom. The van der Waals surface area contributed by atoms with Crippen LogP contribution < -0.4 is 0 Å². The molecule has 4 nitrogen and oxygen atoms in total. The summed E-state index contributed by atoms with van der Waals surface area (Å²) in [4.78, 5) is 23.4. The van der Waals surface area contributed by atoms with E-state index < -0.39 is 0 Å². The average Bonchev–Trinajstić information content (AvgIpc) is 3.00. The second kappa shape index (κ2) is 6.02. The Kier molecular flexibility index (Phi) is 4.10. The van der Waals surface area contributed by atoms with Gasteiger partial charge in [0.15, 0.2) is 0 Å². The van der Waals surface area contributed by atoms with E-state index in [-0.39, 0.29) is 11.2 Å². The molecule has 0 radical (unpaired) electrons. The van der Waals surface area contributed by atoms with Gasteiger partial charge < -0.3 is 4.90 Å². The molecule has 0 spiro atoms. The molecule has 1 aliphatic heterocycles. The van der Waals surface area contributed by atoms with E-state index in [0.29, 0.717) is 0 Å². The first kappa shape index (κ1) is 14.3. The topological polar surface area (TPSA) is 46.1 Å². The fraction of sp³-hybridized carbons (Fsp3) is 0.438. The van der Waals surface area contributed by atoms with Crippen molar-refractivity contribution in [2.75, 3.05) is 13.1 Å². The van der Waals surface area contributed by atoms with Gasteiger partial charge in [0.25, 0.3) is 0 Å². The molecule has 1 amide bonds. The Hall–Kier alpha value is -1.62. The number of benzene rings is 1. The molecule has 1 saturated heterocycles. The van der Waals surface area contributed by atoms with Crippen LogP contribution in [0.1, 0.15) is 25.6 Å². The molecule has 0 aliphatic carbocycles. The van der Waals surface area contributed by atoms with Crippen LogP contribution in [0.15, 0.2) is 29.3 Å². The molecule has 0 N–H and O–H groups in total. The van der Waals surface area contributed by atoms with Gasteiger partial charge in [0, 0.05) is 18.5 Å². The number of hydrogen-bond donors (Lipinski definition) is 0. The first-order valence-electron chi connectivity index (χ1n) is 7.34. The summed E-state index contributed by atoms with van der Waals surface area (Å²) in [6, 6.07) is 7.96. The number of aromatic nitrogens is 2. The van der Waals surface area contributed by atoms with E-state index in [4.69, 9.17) is 0 Å². The Morgan fingerprint density at radius 1 is 1.24 bits per heavy atom. The maximum Gasteiger partial charge on any atom is 0.235 e. The van der Waals surface area contributed by atoms with Crippen molar-refractivity contribution >= 4 is 28.6 Å². The molecule has 0 saturated carbocycles. The molecule has 1 atom stereocenters. The minimum absolute atomic E-state index is 0.110. The van der Waals surface area contributed by atoms with E-state index in [0.717, 1.165) is 47.7 Å². The zero-order valence-electron chi connectivity index (χ0n) is 12.4. The Balaban J connectivity index is 1.85. The molecule has 3 rings (SSSR count). The Labute approximate surface area is 129 Å². The third kappa shape index (κ3) is 3.02. The van der Waals surface area contributed by atoms with Crippen LogP contribution in [-0.2, 0) is 4.79 Å². The van der Waals surface area contributed by atoms with Crippen LogP contribution in [-0.4, -0.2) is 39.1 Å². The lowest BCUT2D eigenvalue weighted by Gasteiger charge is -2.20. The van der Waals surface area contributed by atoms with Crippen LogP contribution in [0.4, 0.5) is 0 Å². The number of carbonyl (C=O) groups excluding carboxylic acids is 1. The van der Waals surface area contributed by atoms with Crippen LogP contribution >= 0.6 is 11.8 Å². The molecule has 0 bridgehead atoms. The van der Waals surface area contributed by atoms with Crippen LogP contribution in [0.5, 0.6) is 0 Å². The van der Waals surface area contributed by atoms with E-state index in [9.17, 15) is 4.79 Å². The first-order valence-corrected chi connectivity index (χ1v) is 8.22. The summed E-state index contributed by atoms with van der Waals surface area (Å²) in [5.41, 5.74) is 0.938. The summed E-state index contributed by atoms with van der Waals surface area (Å²) in [7, 11) is 0. The molecule has 2 aromatic rings. The number of aryl methyl sites for hydroxylation is 1. The van der Waals surface area contributed by atoms with Gasteiger partial charge in [-0.05, 0) is 32.8 Å². The lowest BCUT2D eigenvalue weighted by molar-refractivity contribution is -0.129. The van der Waals surface area contributed by atoms with E-state index in [1.54, 1.807) is 0 Å². The highest BCUT2D eigenvalue weighted by atomic mass is 32.2. The molecular weight excluding hydrogens is 282 g/mol. The maximum atomic E-state index is 12.4. The molecule has 1 unspecified atom stereocenters. The number of para-hydroxylation sites is 1. The summed E-state index contributed by atoms with van der Waals surface area (Å²) in [6.07, 6.45) is 2.25. The third-order valence-electron chi connectivity index (χ3n) is 3.73. The summed E-state index contributed by atoms with van der Waals surface area (Å²) >= 11 is 1.54. The van der Waals surface area contributed by atoms with Crippen molar-refractivity contribution < 1.29 is 4.79 Å². The number of nitrogens with zero attached hydrogens (tertiary/aromatic N) is 3. The van der Waals surface area contributed by atoms with Gasteiger partial charge in [-0.3, -0.25) is 4.79 Å². The summed E-state index contributed by atoms with van der Waals surface area (Å²) < 4.78 is 0. The van der Waals surface area contributed by atoms with Crippen molar-refractivity contribution in [2.24, 2.45) is 0 Å².